The zero-order valence-corrected chi connectivity index (χ0v) is 17.0. The van der Waals surface area contributed by atoms with Crippen molar-refractivity contribution < 1.29 is 18.0 Å². The van der Waals surface area contributed by atoms with Gasteiger partial charge in [0.05, 0.1) is 18.4 Å². The van der Waals surface area contributed by atoms with E-state index in [1.807, 2.05) is 0 Å². The Bertz CT molecular complexity index is 1130. The zero-order chi connectivity index (χ0) is 22.5. The Morgan fingerprint density at radius 1 is 1.09 bits per heavy atom. The molecule has 3 aromatic heterocycles. The maximum absolute atomic E-state index is 13.5. The highest BCUT2D eigenvalue weighted by Crippen LogP contribution is 2.40. The minimum absolute atomic E-state index is 0.127. The minimum Gasteiger partial charge on any atom is -0.364 e. The number of amides is 1. The van der Waals surface area contributed by atoms with E-state index in [1.165, 1.54) is 23.3 Å². The predicted octanol–water partition coefficient (Wildman–Crippen LogP) is 2.49. The van der Waals surface area contributed by atoms with Crippen molar-refractivity contribution in [3.63, 3.8) is 0 Å². The van der Waals surface area contributed by atoms with E-state index >= 15 is 0 Å². The number of nitrogens with one attached hydrogen (secondary N) is 1. The van der Waals surface area contributed by atoms with Crippen molar-refractivity contribution in [3.8, 4) is 5.69 Å². The van der Waals surface area contributed by atoms with Crippen LogP contribution in [0.3, 0.4) is 0 Å². The smallest absolute Gasteiger partial charge is 0.364 e. The first-order valence-electron chi connectivity index (χ1n) is 10.1. The number of aryl methyl sites for hydroxylation is 1. The second-order valence-electron chi connectivity index (χ2n) is 8.05. The summed E-state index contributed by atoms with van der Waals surface area (Å²) in [6.07, 6.45) is 0.113. The highest BCUT2D eigenvalue weighted by molar-refractivity contribution is 5.96. The number of fused-ring (bicyclic) bond motifs is 2. The van der Waals surface area contributed by atoms with E-state index in [0.29, 0.717) is 23.8 Å². The van der Waals surface area contributed by atoms with Crippen LogP contribution < -0.4 is 5.32 Å². The summed E-state index contributed by atoms with van der Waals surface area (Å²) in [5.41, 5.74) is 0.412. The molecule has 0 radical (unpaired) electrons. The molecule has 32 heavy (non-hydrogen) atoms. The predicted molar refractivity (Wildman–Crippen MR) is 106 cm³/mol. The van der Waals surface area contributed by atoms with Crippen molar-refractivity contribution in [1.82, 2.24) is 35.1 Å². The average molecular weight is 444 g/mol. The lowest BCUT2D eigenvalue weighted by molar-refractivity contribution is -0.141. The van der Waals surface area contributed by atoms with Crippen molar-refractivity contribution >= 4 is 11.7 Å². The number of pyridine rings is 1. The van der Waals surface area contributed by atoms with Crippen LogP contribution in [0.5, 0.6) is 0 Å². The van der Waals surface area contributed by atoms with Gasteiger partial charge in [-0.1, -0.05) is 0 Å². The van der Waals surface area contributed by atoms with Gasteiger partial charge in [-0.3, -0.25) is 4.79 Å². The van der Waals surface area contributed by atoms with Crippen LogP contribution in [-0.2, 0) is 6.18 Å². The lowest BCUT2D eigenvalue weighted by atomic mass is 10.0. The molecule has 3 aromatic rings. The van der Waals surface area contributed by atoms with Gasteiger partial charge in [0.15, 0.2) is 11.4 Å². The van der Waals surface area contributed by atoms with Crippen molar-refractivity contribution in [2.24, 2.45) is 5.92 Å². The third-order valence-electron chi connectivity index (χ3n) is 5.88. The number of aromatic nitrogens is 6. The summed E-state index contributed by atoms with van der Waals surface area (Å²) in [6, 6.07) is 5.44. The Kier molecular flexibility index (Phi) is 4.79. The molecule has 0 aromatic carbocycles. The van der Waals surface area contributed by atoms with E-state index in [4.69, 9.17) is 0 Å². The van der Waals surface area contributed by atoms with E-state index in [-0.39, 0.29) is 29.5 Å². The molecule has 1 aliphatic heterocycles. The van der Waals surface area contributed by atoms with Gasteiger partial charge in [0.2, 0.25) is 0 Å². The van der Waals surface area contributed by atoms with Gasteiger partial charge in [0.25, 0.3) is 5.91 Å². The van der Waals surface area contributed by atoms with Gasteiger partial charge in [-0.15, -0.1) is 15.0 Å². The van der Waals surface area contributed by atoms with Gasteiger partial charge in [-0.05, 0) is 49.9 Å². The highest BCUT2D eigenvalue weighted by Gasteiger charge is 2.48. The summed E-state index contributed by atoms with van der Waals surface area (Å²) >= 11 is 0. The fourth-order valence-corrected chi connectivity index (χ4v) is 4.51. The normalized spacial score (nSPS) is 22.4. The molecular weight excluding hydrogens is 425 g/mol. The van der Waals surface area contributed by atoms with Gasteiger partial charge < -0.3 is 10.2 Å². The summed E-state index contributed by atoms with van der Waals surface area (Å²) in [5.74, 6) is 0.316. The quantitative estimate of drug-likeness (QED) is 0.660. The molecule has 1 aliphatic carbocycles. The number of hydrogen-bond acceptors (Lipinski definition) is 7. The van der Waals surface area contributed by atoms with E-state index in [2.05, 4.69) is 30.7 Å². The molecule has 0 unspecified atom stereocenters. The molecule has 12 heteroatoms. The number of likely N-dealkylation sites (tertiary alicyclic amines) is 1. The number of carbonyl (C=O) groups excluding carboxylic acids is 1. The van der Waals surface area contributed by atoms with Gasteiger partial charge in [-0.2, -0.15) is 23.4 Å². The first-order valence-corrected chi connectivity index (χ1v) is 10.1. The van der Waals surface area contributed by atoms with Crippen LogP contribution in [0.25, 0.3) is 5.69 Å². The summed E-state index contributed by atoms with van der Waals surface area (Å²) in [6.45, 7) is 2.41. The lowest BCUT2D eigenvalue weighted by Gasteiger charge is -2.34. The molecule has 1 saturated heterocycles. The maximum atomic E-state index is 13.5. The van der Waals surface area contributed by atoms with Crippen LogP contribution in [-0.4, -0.2) is 59.6 Å². The Labute approximate surface area is 180 Å². The zero-order valence-electron chi connectivity index (χ0n) is 17.0. The molecule has 3 atom stereocenters. The largest absolute Gasteiger partial charge is 0.435 e. The number of anilines is 1. The van der Waals surface area contributed by atoms with E-state index in [9.17, 15) is 18.0 Å². The molecule has 2 fully saturated rings. The summed E-state index contributed by atoms with van der Waals surface area (Å²) in [7, 11) is 0. The number of carbonyl (C=O) groups is 1. The molecule has 1 N–H and O–H groups in total. The number of halogens is 3. The van der Waals surface area contributed by atoms with Crippen molar-refractivity contribution in [2.75, 3.05) is 11.9 Å². The van der Waals surface area contributed by atoms with Gasteiger partial charge in [0.1, 0.15) is 11.5 Å². The van der Waals surface area contributed by atoms with Crippen molar-refractivity contribution in [1.29, 1.82) is 0 Å². The fourth-order valence-electron chi connectivity index (χ4n) is 4.51. The molecule has 166 valence electrons. The molecule has 4 heterocycles. The van der Waals surface area contributed by atoms with Crippen LogP contribution >= 0.6 is 0 Å². The van der Waals surface area contributed by atoms with E-state index in [1.54, 1.807) is 24.0 Å². The van der Waals surface area contributed by atoms with E-state index < -0.39 is 11.9 Å². The summed E-state index contributed by atoms with van der Waals surface area (Å²) in [5, 5.41) is 18.3. The molecule has 2 aliphatic rings. The monoisotopic (exact) mass is 444 g/mol. The standard InChI is InChI=1S/C20H19F3N8O/c1-11-2-3-14(31-24-6-7-25-31)18(26-11)19(32)30-10-12-8-13(15(30)9-12)27-17-5-4-16(28-29-17)20(21,22)23/h2-7,12-13,15H,8-10H2,1H3,(H,27,29)/t12-,13+,15-/m0/s1. The van der Waals surface area contributed by atoms with Crippen LogP contribution in [0.15, 0.2) is 36.7 Å². The molecule has 2 bridgehead atoms. The minimum atomic E-state index is -4.54. The summed E-state index contributed by atoms with van der Waals surface area (Å²) < 4.78 is 38.2. The number of nitrogens with zero attached hydrogens (tertiary/aromatic N) is 7. The van der Waals surface area contributed by atoms with E-state index in [0.717, 1.165) is 18.9 Å². The Balaban J connectivity index is 1.37. The van der Waals surface area contributed by atoms with Crippen LogP contribution in [0.1, 0.15) is 34.7 Å². The highest BCUT2D eigenvalue weighted by atomic mass is 19.4. The van der Waals surface area contributed by atoms with Gasteiger partial charge in [-0.25, -0.2) is 4.98 Å². The SMILES string of the molecule is Cc1ccc(-n2nccn2)c(C(=O)N2C[C@H]3C[C@@H](Nc4ccc(C(F)(F)F)nn4)[C@@H]2C3)n1. The third kappa shape index (κ3) is 3.65. The third-order valence-corrected chi connectivity index (χ3v) is 5.88. The topological polar surface area (TPSA) is 102 Å². The lowest BCUT2D eigenvalue weighted by Crippen LogP contribution is -2.48. The molecule has 0 spiro atoms. The summed E-state index contributed by atoms with van der Waals surface area (Å²) in [4.78, 5) is 21.1. The molecule has 9 nitrogen and oxygen atoms in total. The second-order valence-corrected chi connectivity index (χ2v) is 8.05. The van der Waals surface area contributed by atoms with Gasteiger partial charge in [0, 0.05) is 18.3 Å². The number of hydrogen-bond donors (Lipinski definition) is 1. The Hall–Kier alpha value is -3.57. The molecule has 1 saturated carbocycles. The average Bonchev–Trinajstić information content (AvgIpc) is 3.50. The fraction of sp³-hybridized carbons (Fsp3) is 0.400. The Morgan fingerprint density at radius 2 is 1.88 bits per heavy atom. The van der Waals surface area contributed by atoms with Crippen LogP contribution in [0, 0.1) is 12.8 Å². The maximum Gasteiger partial charge on any atom is 0.435 e. The molecule has 5 rings (SSSR count). The second kappa shape index (κ2) is 7.53. The molecular formula is C20H19F3N8O. The van der Waals surface area contributed by atoms with Crippen molar-refractivity contribution in [3.05, 3.63) is 53.7 Å². The van der Waals surface area contributed by atoms with Crippen LogP contribution in [0.2, 0.25) is 0 Å². The van der Waals surface area contributed by atoms with Gasteiger partial charge >= 0.3 is 6.18 Å². The molecule has 1 amide bonds. The number of alkyl halides is 3. The first kappa shape index (κ1) is 20.3. The van der Waals surface area contributed by atoms with Crippen LogP contribution in [0.4, 0.5) is 19.0 Å². The number of piperidine rings is 1. The van der Waals surface area contributed by atoms with Crippen molar-refractivity contribution in [2.45, 2.75) is 38.0 Å². The Morgan fingerprint density at radius 3 is 2.53 bits per heavy atom. The number of rotatable bonds is 4. The first-order chi connectivity index (χ1) is 15.3.